The average molecular weight is 367 g/mol. The van der Waals surface area contributed by atoms with Crippen LogP contribution in [0.3, 0.4) is 0 Å². The van der Waals surface area contributed by atoms with Gasteiger partial charge in [0.2, 0.25) is 0 Å². The van der Waals surface area contributed by atoms with Crippen molar-refractivity contribution in [1.29, 1.82) is 0 Å². The molecule has 0 spiro atoms. The number of fused-ring (bicyclic) bond motifs is 1. The van der Waals surface area contributed by atoms with E-state index in [1.807, 2.05) is 18.2 Å². The van der Waals surface area contributed by atoms with E-state index in [0.29, 0.717) is 17.3 Å². The summed E-state index contributed by atoms with van der Waals surface area (Å²) >= 11 is 6.00. The summed E-state index contributed by atoms with van der Waals surface area (Å²) in [4.78, 5) is 12.0. The summed E-state index contributed by atoms with van der Waals surface area (Å²) < 4.78 is 5.44. The van der Waals surface area contributed by atoms with E-state index in [1.165, 1.54) is 11.1 Å². The van der Waals surface area contributed by atoms with Gasteiger partial charge in [0.05, 0.1) is 5.02 Å². The highest BCUT2D eigenvalue weighted by Gasteiger charge is 2.19. The Bertz CT molecular complexity index is 694. The number of carbonyl (C=O) groups excluding carboxylic acids is 1. The van der Waals surface area contributed by atoms with Gasteiger partial charge >= 0.3 is 0 Å². The Morgan fingerprint density at radius 2 is 1.96 bits per heavy atom. The summed E-state index contributed by atoms with van der Waals surface area (Å²) in [6.07, 6.45) is 1.02. The van der Waals surface area contributed by atoms with Crippen molar-refractivity contribution in [3.05, 3.63) is 64.7 Å². The first-order valence-electron chi connectivity index (χ1n) is 7.69. The van der Waals surface area contributed by atoms with Crippen LogP contribution in [0.1, 0.15) is 17.2 Å². The van der Waals surface area contributed by atoms with Crippen LogP contribution in [-0.4, -0.2) is 25.6 Å². The lowest BCUT2D eigenvalue weighted by atomic mass is 9.94. The van der Waals surface area contributed by atoms with Crippen LogP contribution in [0.4, 0.5) is 0 Å². The molecule has 0 aliphatic carbocycles. The molecule has 1 atom stereocenters. The van der Waals surface area contributed by atoms with E-state index in [9.17, 15) is 4.79 Å². The summed E-state index contributed by atoms with van der Waals surface area (Å²) in [5.41, 5.74) is 2.60. The van der Waals surface area contributed by atoms with Gasteiger partial charge in [-0.25, -0.2) is 0 Å². The van der Waals surface area contributed by atoms with Crippen LogP contribution in [0, 0.1) is 0 Å². The van der Waals surface area contributed by atoms with Crippen LogP contribution < -0.4 is 15.4 Å². The largest absolute Gasteiger partial charge is 0.482 e. The summed E-state index contributed by atoms with van der Waals surface area (Å²) in [7, 11) is 0. The molecule has 1 heterocycles. The number of para-hydroxylation sites is 1. The lowest BCUT2D eigenvalue weighted by Gasteiger charge is -2.27. The van der Waals surface area contributed by atoms with Crippen molar-refractivity contribution in [3.63, 3.8) is 0 Å². The van der Waals surface area contributed by atoms with E-state index >= 15 is 0 Å². The number of hydrogen-bond acceptors (Lipinski definition) is 3. The molecule has 1 unspecified atom stereocenters. The number of rotatable bonds is 5. The summed E-state index contributed by atoms with van der Waals surface area (Å²) in [6.45, 7) is 1.42. The third-order valence-corrected chi connectivity index (χ3v) is 4.23. The zero-order valence-corrected chi connectivity index (χ0v) is 14.7. The maximum absolute atomic E-state index is 12.0. The van der Waals surface area contributed by atoms with Crippen LogP contribution in [-0.2, 0) is 11.2 Å². The Labute approximate surface area is 153 Å². The smallest absolute Gasteiger partial charge is 0.258 e. The van der Waals surface area contributed by atoms with Crippen molar-refractivity contribution >= 4 is 29.9 Å². The van der Waals surface area contributed by atoms with Crippen molar-refractivity contribution in [3.8, 4) is 5.75 Å². The first-order chi connectivity index (χ1) is 11.2. The third kappa shape index (κ3) is 4.63. The number of nitrogens with one attached hydrogen (secondary N) is 2. The minimum absolute atomic E-state index is 0. The van der Waals surface area contributed by atoms with Gasteiger partial charge in [0.1, 0.15) is 5.75 Å². The molecule has 1 amide bonds. The monoisotopic (exact) mass is 366 g/mol. The van der Waals surface area contributed by atoms with Crippen molar-refractivity contribution in [1.82, 2.24) is 10.6 Å². The van der Waals surface area contributed by atoms with Gasteiger partial charge in [0, 0.05) is 12.6 Å². The Kier molecular flexibility index (Phi) is 6.91. The summed E-state index contributed by atoms with van der Waals surface area (Å²) in [6, 6.07) is 15.6. The molecule has 2 aromatic carbocycles. The fraction of sp³-hybridized carbons (Fsp3) is 0.278. The van der Waals surface area contributed by atoms with Gasteiger partial charge in [-0.3, -0.25) is 4.79 Å². The minimum Gasteiger partial charge on any atom is -0.482 e. The number of amides is 1. The van der Waals surface area contributed by atoms with Gasteiger partial charge in [0.15, 0.2) is 6.61 Å². The van der Waals surface area contributed by atoms with Crippen LogP contribution in [0.5, 0.6) is 5.75 Å². The molecule has 0 fully saturated rings. The molecular weight excluding hydrogens is 347 g/mol. The maximum Gasteiger partial charge on any atom is 0.258 e. The molecule has 24 heavy (non-hydrogen) atoms. The van der Waals surface area contributed by atoms with Gasteiger partial charge < -0.3 is 15.4 Å². The van der Waals surface area contributed by atoms with Crippen molar-refractivity contribution < 1.29 is 9.53 Å². The highest BCUT2D eigenvalue weighted by molar-refractivity contribution is 6.32. The summed E-state index contributed by atoms with van der Waals surface area (Å²) in [5.74, 6) is 0.361. The molecule has 0 aromatic heterocycles. The molecular formula is C18H20Cl2N2O2. The Hall–Kier alpha value is -1.75. The maximum atomic E-state index is 12.0. The molecule has 1 aliphatic rings. The standard InChI is InChI=1S/C18H19ClN2O2.ClH/c19-15-7-3-4-8-17(15)23-12-18(22)21-11-16-14-6-2-1-5-13(14)9-10-20-16;/h1-8,16,20H,9-12H2,(H,21,22);1H. The first-order valence-corrected chi connectivity index (χ1v) is 8.07. The molecule has 1 aliphatic heterocycles. The predicted octanol–water partition coefficient (Wildman–Crippen LogP) is 3.14. The Morgan fingerprint density at radius 3 is 2.79 bits per heavy atom. The van der Waals surface area contributed by atoms with Crippen molar-refractivity contribution in [2.75, 3.05) is 19.7 Å². The second-order valence-electron chi connectivity index (χ2n) is 5.48. The fourth-order valence-corrected chi connectivity index (χ4v) is 2.94. The van der Waals surface area contributed by atoms with Crippen LogP contribution in [0.2, 0.25) is 5.02 Å². The predicted molar refractivity (Wildman–Crippen MR) is 98.1 cm³/mol. The van der Waals surface area contributed by atoms with E-state index in [2.05, 4.69) is 28.8 Å². The zero-order valence-electron chi connectivity index (χ0n) is 13.1. The van der Waals surface area contributed by atoms with E-state index in [1.54, 1.807) is 12.1 Å². The van der Waals surface area contributed by atoms with E-state index in [-0.39, 0.29) is 31.0 Å². The molecule has 0 saturated heterocycles. The van der Waals surface area contributed by atoms with Crippen LogP contribution >= 0.6 is 24.0 Å². The molecule has 2 N–H and O–H groups in total. The average Bonchev–Trinajstić information content (AvgIpc) is 2.59. The summed E-state index contributed by atoms with van der Waals surface area (Å²) in [5, 5.41) is 6.85. The number of halogens is 2. The lowest BCUT2D eigenvalue weighted by molar-refractivity contribution is -0.123. The molecule has 0 radical (unpaired) electrons. The topological polar surface area (TPSA) is 50.4 Å². The van der Waals surface area contributed by atoms with Gasteiger partial charge in [-0.15, -0.1) is 12.4 Å². The highest BCUT2D eigenvalue weighted by atomic mass is 35.5. The Morgan fingerprint density at radius 1 is 1.21 bits per heavy atom. The van der Waals surface area contributed by atoms with Crippen LogP contribution in [0.15, 0.2) is 48.5 Å². The zero-order chi connectivity index (χ0) is 16.1. The van der Waals surface area contributed by atoms with Crippen molar-refractivity contribution in [2.45, 2.75) is 12.5 Å². The van der Waals surface area contributed by atoms with Gasteiger partial charge in [-0.2, -0.15) is 0 Å². The minimum atomic E-state index is -0.158. The third-order valence-electron chi connectivity index (χ3n) is 3.91. The quantitative estimate of drug-likeness (QED) is 0.854. The van der Waals surface area contributed by atoms with Gasteiger partial charge in [0.25, 0.3) is 5.91 Å². The molecule has 0 saturated carbocycles. The number of hydrogen-bond donors (Lipinski definition) is 2. The number of ether oxygens (including phenoxy) is 1. The number of benzene rings is 2. The van der Waals surface area contributed by atoms with Gasteiger partial charge in [-0.1, -0.05) is 48.0 Å². The second-order valence-corrected chi connectivity index (χ2v) is 5.89. The fourth-order valence-electron chi connectivity index (χ4n) is 2.75. The molecule has 2 aromatic rings. The molecule has 6 heteroatoms. The highest BCUT2D eigenvalue weighted by Crippen LogP contribution is 2.23. The Balaban J connectivity index is 0.00000208. The van der Waals surface area contributed by atoms with E-state index < -0.39 is 0 Å². The molecule has 0 bridgehead atoms. The van der Waals surface area contributed by atoms with Crippen LogP contribution in [0.25, 0.3) is 0 Å². The normalized spacial score (nSPS) is 15.8. The number of carbonyl (C=O) groups is 1. The first kappa shape index (κ1) is 18.6. The van der Waals surface area contributed by atoms with E-state index in [0.717, 1.165) is 13.0 Å². The second kappa shape index (κ2) is 8.92. The van der Waals surface area contributed by atoms with E-state index in [4.69, 9.17) is 16.3 Å². The molecule has 3 rings (SSSR count). The SMILES string of the molecule is Cl.O=C(COc1ccccc1Cl)NCC1NCCc2ccccc21. The lowest BCUT2D eigenvalue weighted by Crippen LogP contribution is -2.40. The van der Waals surface area contributed by atoms with Gasteiger partial charge in [-0.05, 0) is 36.2 Å². The van der Waals surface area contributed by atoms with Crippen molar-refractivity contribution in [2.24, 2.45) is 0 Å². The molecule has 4 nitrogen and oxygen atoms in total. The molecule has 128 valence electrons.